The molecule has 10 heteroatoms. The topological polar surface area (TPSA) is 102 Å². The molecule has 1 amide bonds. The van der Waals surface area contributed by atoms with Gasteiger partial charge in [0.25, 0.3) is 10.1 Å². The Hall–Kier alpha value is -1.72. The number of carbonyl (C=O) groups is 1. The van der Waals surface area contributed by atoms with Crippen LogP contribution in [0.1, 0.15) is 71.9 Å². The molecule has 1 heterocycles. The normalized spacial score (nSPS) is 24.7. The van der Waals surface area contributed by atoms with Crippen LogP contribution in [-0.2, 0) is 29.1 Å². The number of hydrogen-bond donors (Lipinski definition) is 1. The Morgan fingerprint density at radius 1 is 1.16 bits per heavy atom. The number of amides is 1. The van der Waals surface area contributed by atoms with Gasteiger partial charge in [-0.05, 0) is 68.4 Å². The van der Waals surface area contributed by atoms with Gasteiger partial charge < -0.3 is 19.2 Å². The number of rotatable bonds is 7. The lowest BCUT2D eigenvalue weighted by Crippen LogP contribution is -2.45. The first-order valence-electron chi connectivity index (χ1n) is 13.2. The molecule has 0 radical (unpaired) electrons. The van der Waals surface area contributed by atoms with Gasteiger partial charge in [0.1, 0.15) is 5.60 Å². The van der Waals surface area contributed by atoms with Crippen molar-refractivity contribution in [3.8, 4) is 0 Å². The first-order chi connectivity index (χ1) is 17.2. The summed E-state index contributed by atoms with van der Waals surface area (Å²) in [6, 6.07) is 7.14. The fraction of sp³-hybridized carbons (Fsp3) is 0.679. The zero-order chi connectivity index (χ0) is 28.7. The average molecular weight is 568 g/mol. The molecule has 1 N–H and O–H groups in total. The smallest absolute Gasteiger partial charge is 0.410 e. The summed E-state index contributed by atoms with van der Waals surface area (Å²) in [5.74, 6) is 0. The van der Waals surface area contributed by atoms with Crippen molar-refractivity contribution in [3.63, 3.8) is 0 Å². The zero-order valence-electron chi connectivity index (χ0n) is 24.3. The number of nitrogens with zero attached hydrogens (tertiary/aromatic N) is 1. The van der Waals surface area contributed by atoms with Crippen LogP contribution in [0.4, 0.5) is 4.79 Å². The van der Waals surface area contributed by atoms with Gasteiger partial charge in [0.15, 0.2) is 8.32 Å². The molecule has 2 aliphatic rings. The fourth-order valence-electron chi connectivity index (χ4n) is 4.86. The minimum atomic E-state index is -3.61. The van der Waals surface area contributed by atoms with E-state index in [1.165, 1.54) is 0 Å². The highest BCUT2D eigenvalue weighted by Crippen LogP contribution is 2.44. The van der Waals surface area contributed by atoms with E-state index in [1.54, 1.807) is 4.90 Å². The Balaban J connectivity index is 1.89. The molecule has 1 aromatic carbocycles. The van der Waals surface area contributed by atoms with Crippen LogP contribution in [0.2, 0.25) is 18.1 Å². The molecule has 0 aromatic heterocycles. The van der Waals surface area contributed by atoms with Gasteiger partial charge >= 0.3 is 6.09 Å². The Morgan fingerprint density at radius 2 is 1.79 bits per heavy atom. The van der Waals surface area contributed by atoms with Crippen molar-refractivity contribution in [2.45, 2.75) is 102 Å². The number of ether oxygens (including phenoxy) is 1. The maximum Gasteiger partial charge on any atom is 0.410 e. The van der Waals surface area contributed by atoms with Crippen molar-refractivity contribution < 1.29 is 31.7 Å². The van der Waals surface area contributed by atoms with Crippen LogP contribution < -0.4 is 0 Å². The Morgan fingerprint density at radius 3 is 2.37 bits per heavy atom. The number of benzene rings is 1. The van der Waals surface area contributed by atoms with E-state index < -0.39 is 35.7 Å². The molecule has 3 rings (SSSR count). The lowest BCUT2D eigenvalue weighted by Gasteiger charge is -2.38. The number of fused-ring (bicyclic) bond motifs is 1. The standard InChI is InChI=1S/C28H45NO7SSi/c1-26(2,3)35-25(30)29-18-22(36-38(8,9)27(4,5)6)16-21(29)17-28(31)15-14-20(19-34-37(7,32)33)23-12-10-11-13-24(23)28/h10-14,21-22,31H,15-19H2,1-9H3/t21-,22+,28?/m0/s1. The van der Waals surface area contributed by atoms with Gasteiger partial charge in [0, 0.05) is 19.0 Å². The Kier molecular flexibility index (Phi) is 8.67. The fourth-order valence-corrected chi connectivity index (χ4v) is 6.56. The van der Waals surface area contributed by atoms with Crippen LogP contribution in [-0.4, -0.2) is 70.0 Å². The monoisotopic (exact) mass is 567 g/mol. The number of aliphatic hydroxyl groups is 1. The second-order valence-electron chi connectivity index (χ2n) is 13.2. The highest BCUT2D eigenvalue weighted by atomic mass is 32.2. The van der Waals surface area contributed by atoms with E-state index in [-0.39, 0.29) is 30.2 Å². The molecule has 1 aliphatic carbocycles. The van der Waals surface area contributed by atoms with E-state index in [2.05, 4.69) is 33.9 Å². The molecule has 38 heavy (non-hydrogen) atoms. The van der Waals surface area contributed by atoms with Gasteiger partial charge in [-0.2, -0.15) is 8.42 Å². The molecule has 1 aliphatic heterocycles. The average Bonchev–Trinajstić information content (AvgIpc) is 3.12. The molecule has 0 saturated carbocycles. The molecule has 0 spiro atoms. The summed E-state index contributed by atoms with van der Waals surface area (Å²) in [5, 5.41) is 12.0. The van der Waals surface area contributed by atoms with Crippen LogP contribution in [0.3, 0.4) is 0 Å². The van der Waals surface area contributed by atoms with Crippen LogP contribution >= 0.6 is 0 Å². The summed E-state index contributed by atoms with van der Waals surface area (Å²) in [6.07, 6.45) is 3.48. The molecule has 214 valence electrons. The minimum Gasteiger partial charge on any atom is -0.444 e. The lowest BCUT2D eigenvalue weighted by atomic mass is 9.76. The summed E-state index contributed by atoms with van der Waals surface area (Å²) in [4.78, 5) is 15.0. The first kappa shape index (κ1) is 30.8. The third-order valence-electron chi connectivity index (χ3n) is 7.73. The quantitative estimate of drug-likeness (QED) is 0.346. The Bertz CT molecular complexity index is 1170. The molecule has 3 atom stereocenters. The van der Waals surface area contributed by atoms with Gasteiger partial charge in [-0.15, -0.1) is 0 Å². The summed E-state index contributed by atoms with van der Waals surface area (Å²) < 4.78 is 40.6. The highest BCUT2D eigenvalue weighted by molar-refractivity contribution is 7.86. The molecule has 8 nitrogen and oxygen atoms in total. The third-order valence-corrected chi connectivity index (χ3v) is 12.8. The van der Waals surface area contributed by atoms with E-state index in [1.807, 2.05) is 51.1 Å². The maximum atomic E-state index is 13.3. The van der Waals surface area contributed by atoms with Gasteiger partial charge in [0.2, 0.25) is 0 Å². The number of carbonyl (C=O) groups excluding carboxylic acids is 1. The Labute approximate surface area is 229 Å². The van der Waals surface area contributed by atoms with Crippen molar-refractivity contribution in [1.82, 2.24) is 4.90 Å². The predicted octanol–water partition coefficient (Wildman–Crippen LogP) is 5.43. The molecule has 1 unspecified atom stereocenters. The third kappa shape index (κ3) is 7.47. The summed E-state index contributed by atoms with van der Waals surface area (Å²) in [6.45, 7) is 16.8. The van der Waals surface area contributed by atoms with Crippen molar-refractivity contribution in [3.05, 3.63) is 41.5 Å². The molecule has 1 saturated heterocycles. The molecular formula is C28H45NO7SSi. The van der Waals surface area contributed by atoms with Gasteiger partial charge in [-0.3, -0.25) is 4.18 Å². The van der Waals surface area contributed by atoms with Gasteiger partial charge in [0.05, 0.1) is 24.6 Å². The van der Waals surface area contributed by atoms with E-state index in [0.29, 0.717) is 30.5 Å². The number of hydrogen-bond acceptors (Lipinski definition) is 7. The van der Waals surface area contributed by atoms with Crippen molar-refractivity contribution in [1.29, 1.82) is 0 Å². The second kappa shape index (κ2) is 10.7. The molecule has 1 aromatic rings. The van der Waals surface area contributed by atoms with Crippen LogP contribution in [0.15, 0.2) is 30.3 Å². The van der Waals surface area contributed by atoms with E-state index in [9.17, 15) is 18.3 Å². The summed E-state index contributed by atoms with van der Waals surface area (Å²) in [5.41, 5.74) is 0.270. The first-order valence-corrected chi connectivity index (χ1v) is 18.0. The second-order valence-corrected chi connectivity index (χ2v) is 19.6. The zero-order valence-corrected chi connectivity index (χ0v) is 26.1. The lowest BCUT2D eigenvalue weighted by molar-refractivity contribution is -0.00837. The highest BCUT2D eigenvalue weighted by Gasteiger charge is 2.47. The molecule has 0 bridgehead atoms. The predicted molar refractivity (Wildman–Crippen MR) is 152 cm³/mol. The van der Waals surface area contributed by atoms with Gasteiger partial charge in [-0.25, -0.2) is 4.79 Å². The van der Waals surface area contributed by atoms with Crippen LogP contribution in [0.5, 0.6) is 0 Å². The maximum absolute atomic E-state index is 13.3. The SMILES string of the molecule is CC(C)(C)OC(=O)N1C[C@H](O[Si](C)(C)C(C)(C)C)C[C@H]1CC1(O)CC=C(COS(C)(=O)=O)c2ccccc21. The summed E-state index contributed by atoms with van der Waals surface area (Å²) >= 11 is 0. The number of likely N-dealkylation sites (tertiary alicyclic amines) is 1. The van der Waals surface area contributed by atoms with Crippen LogP contribution in [0, 0.1) is 0 Å². The largest absolute Gasteiger partial charge is 0.444 e. The van der Waals surface area contributed by atoms with Gasteiger partial charge in [-0.1, -0.05) is 51.1 Å². The van der Waals surface area contributed by atoms with E-state index in [0.717, 1.165) is 11.8 Å². The van der Waals surface area contributed by atoms with E-state index >= 15 is 0 Å². The molecular weight excluding hydrogens is 522 g/mol. The van der Waals surface area contributed by atoms with Crippen molar-refractivity contribution >= 4 is 30.1 Å². The molecule has 1 fully saturated rings. The van der Waals surface area contributed by atoms with E-state index in [4.69, 9.17) is 13.3 Å². The van der Waals surface area contributed by atoms with Crippen LogP contribution in [0.25, 0.3) is 5.57 Å². The van der Waals surface area contributed by atoms with Crippen molar-refractivity contribution in [2.75, 3.05) is 19.4 Å². The summed E-state index contributed by atoms with van der Waals surface area (Å²) in [7, 11) is -5.70. The van der Waals surface area contributed by atoms with Crippen molar-refractivity contribution in [2.24, 2.45) is 0 Å². The minimum absolute atomic E-state index is 0.0254.